The Hall–Kier alpha value is -2.97. The smallest absolute Gasteiger partial charge is 0.335 e. The summed E-state index contributed by atoms with van der Waals surface area (Å²) in [5.74, 6) is -2.66. The zero-order valence-corrected chi connectivity index (χ0v) is 11.8. The van der Waals surface area contributed by atoms with Crippen LogP contribution in [0.25, 0.3) is 0 Å². The Balaban J connectivity index is 3.36. The highest BCUT2D eigenvalue weighted by atomic mass is 16.6. The van der Waals surface area contributed by atoms with E-state index in [1.165, 1.54) is 0 Å². The minimum Gasteiger partial charge on any atom is -0.478 e. The molecule has 0 aliphatic heterocycles. The molecule has 9 nitrogen and oxygen atoms in total. The summed E-state index contributed by atoms with van der Waals surface area (Å²) in [6.07, 6.45) is 0. The maximum absolute atomic E-state index is 11.2. The van der Waals surface area contributed by atoms with Crippen molar-refractivity contribution in [3.05, 3.63) is 38.9 Å². The second-order valence-corrected chi connectivity index (χ2v) is 4.27. The van der Waals surface area contributed by atoms with Gasteiger partial charge in [0.1, 0.15) is 13.2 Å². The van der Waals surface area contributed by atoms with E-state index < -0.39 is 41.7 Å². The molecule has 0 heterocycles. The van der Waals surface area contributed by atoms with Gasteiger partial charge in [0.15, 0.2) is 0 Å². The summed E-state index contributed by atoms with van der Waals surface area (Å²) in [4.78, 5) is 43.2. The van der Waals surface area contributed by atoms with Gasteiger partial charge >= 0.3 is 17.9 Å². The third-order valence-corrected chi connectivity index (χ3v) is 2.56. The zero-order chi connectivity index (χ0) is 16.9. The van der Waals surface area contributed by atoms with Crippen molar-refractivity contribution in [2.45, 2.75) is 27.1 Å². The van der Waals surface area contributed by atoms with E-state index in [0.29, 0.717) is 0 Å². The molecule has 1 rings (SSSR count). The number of hydrogen-bond donors (Lipinski definition) is 1. The Morgan fingerprint density at radius 3 is 1.77 bits per heavy atom. The Morgan fingerprint density at radius 2 is 1.50 bits per heavy atom. The van der Waals surface area contributed by atoms with Gasteiger partial charge in [-0.05, 0) is 12.1 Å². The molecule has 0 aromatic heterocycles. The lowest BCUT2D eigenvalue weighted by atomic mass is 10.0. The van der Waals surface area contributed by atoms with Gasteiger partial charge in [-0.25, -0.2) is 4.79 Å². The van der Waals surface area contributed by atoms with Gasteiger partial charge in [-0.15, -0.1) is 0 Å². The fraction of sp³-hybridized carbons (Fsp3) is 0.308. The number of benzene rings is 1. The molecule has 0 aliphatic carbocycles. The lowest BCUT2D eigenvalue weighted by Gasteiger charge is -2.10. The summed E-state index contributed by atoms with van der Waals surface area (Å²) in [7, 11) is 0. The normalized spacial score (nSPS) is 9.91. The van der Waals surface area contributed by atoms with E-state index in [9.17, 15) is 24.5 Å². The highest BCUT2D eigenvalue weighted by Gasteiger charge is 2.24. The summed E-state index contributed by atoms with van der Waals surface area (Å²) >= 11 is 0. The van der Waals surface area contributed by atoms with Gasteiger partial charge in [0.05, 0.1) is 21.6 Å². The fourth-order valence-electron chi connectivity index (χ4n) is 1.70. The van der Waals surface area contributed by atoms with Crippen LogP contribution in [-0.4, -0.2) is 27.9 Å². The van der Waals surface area contributed by atoms with Gasteiger partial charge in [-0.1, -0.05) is 0 Å². The number of nitrogens with zero attached hydrogens (tertiary/aromatic N) is 1. The molecule has 0 saturated carbocycles. The van der Waals surface area contributed by atoms with Gasteiger partial charge in [-0.2, -0.15) is 0 Å². The Labute approximate surface area is 124 Å². The zero-order valence-electron chi connectivity index (χ0n) is 11.8. The molecular formula is C13H13NO8. The van der Waals surface area contributed by atoms with E-state index in [1.54, 1.807) is 0 Å². The van der Waals surface area contributed by atoms with E-state index in [2.05, 4.69) is 0 Å². The first-order valence-electron chi connectivity index (χ1n) is 6.02. The van der Waals surface area contributed by atoms with Crippen LogP contribution in [0.5, 0.6) is 0 Å². The third kappa shape index (κ3) is 4.54. The number of ether oxygens (including phenoxy) is 2. The summed E-state index contributed by atoms with van der Waals surface area (Å²) in [6.45, 7) is 1.32. The van der Waals surface area contributed by atoms with E-state index in [4.69, 9.17) is 14.6 Å². The van der Waals surface area contributed by atoms with Crippen LogP contribution >= 0.6 is 0 Å². The highest BCUT2D eigenvalue weighted by molar-refractivity contribution is 5.89. The minimum absolute atomic E-state index is 0.0951. The molecule has 22 heavy (non-hydrogen) atoms. The van der Waals surface area contributed by atoms with Crippen LogP contribution < -0.4 is 0 Å². The molecule has 0 fully saturated rings. The average molecular weight is 311 g/mol. The molecule has 1 aromatic rings. The lowest BCUT2D eigenvalue weighted by Crippen LogP contribution is -2.10. The van der Waals surface area contributed by atoms with Crippen LogP contribution in [0.4, 0.5) is 5.69 Å². The van der Waals surface area contributed by atoms with E-state index in [1.807, 2.05) is 0 Å². The number of hydrogen-bond acceptors (Lipinski definition) is 7. The Morgan fingerprint density at radius 1 is 1.09 bits per heavy atom. The second kappa shape index (κ2) is 7.16. The quantitative estimate of drug-likeness (QED) is 0.473. The van der Waals surface area contributed by atoms with Crippen LogP contribution in [0, 0.1) is 10.1 Å². The maximum atomic E-state index is 11.2. The summed E-state index contributed by atoms with van der Waals surface area (Å²) in [5, 5.41) is 20.2. The molecule has 0 radical (unpaired) electrons. The molecule has 0 atom stereocenters. The van der Waals surface area contributed by atoms with E-state index in [0.717, 1.165) is 26.0 Å². The van der Waals surface area contributed by atoms with Crippen molar-refractivity contribution in [3.63, 3.8) is 0 Å². The number of carboxylic acid groups (broad SMARTS) is 1. The summed E-state index contributed by atoms with van der Waals surface area (Å²) in [5.41, 5.74) is -0.882. The van der Waals surface area contributed by atoms with E-state index >= 15 is 0 Å². The van der Waals surface area contributed by atoms with Crippen LogP contribution in [0.1, 0.15) is 35.3 Å². The lowest BCUT2D eigenvalue weighted by molar-refractivity contribution is -0.386. The molecule has 0 bridgehead atoms. The first-order chi connectivity index (χ1) is 10.2. The Bertz CT molecular complexity index is 598. The summed E-state index contributed by atoms with van der Waals surface area (Å²) in [6, 6.07) is 2.08. The predicted octanol–water partition coefficient (Wildman–Crippen LogP) is 1.42. The minimum atomic E-state index is -1.32. The van der Waals surface area contributed by atoms with Crippen molar-refractivity contribution in [3.8, 4) is 0 Å². The second-order valence-electron chi connectivity index (χ2n) is 4.27. The number of nitro groups is 1. The van der Waals surface area contributed by atoms with Crippen molar-refractivity contribution in [1.82, 2.24) is 0 Å². The maximum Gasteiger partial charge on any atom is 0.335 e. The SMILES string of the molecule is CC(=O)OCc1cc(C(=O)O)cc(COC(C)=O)c1[N+](=O)[O-]. The molecule has 0 aliphatic rings. The first-order valence-corrected chi connectivity index (χ1v) is 6.02. The molecule has 0 saturated heterocycles. The van der Waals surface area contributed by atoms with Crippen molar-refractivity contribution in [2.75, 3.05) is 0 Å². The van der Waals surface area contributed by atoms with Crippen molar-refractivity contribution in [2.24, 2.45) is 0 Å². The number of carbonyl (C=O) groups is 3. The topological polar surface area (TPSA) is 133 Å². The van der Waals surface area contributed by atoms with Crippen molar-refractivity contribution < 1.29 is 33.9 Å². The molecule has 0 amide bonds. The number of carbonyl (C=O) groups excluding carboxylic acids is 2. The predicted molar refractivity (Wildman–Crippen MR) is 71.0 cm³/mol. The molecule has 1 aromatic carbocycles. The van der Waals surface area contributed by atoms with Gasteiger partial charge in [0.2, 0.25) is 0 Å². The van der Waals surface area contributed by atoms with Crippen LogP contribution in [0.2, 0.25) is 0 Å². The number of carboxylic acids is 1. The van der Waals surface area contributed by atoms with Gasteiger partial charge in [0, 0.05) is 13.8 Å². The Kier molecular flexibility index (Phi) is 5.56. The largest absolute Gasteiger partial charge is 0.478 e. The molecular weight excluding hydrogens is 298 g/mol. The summed E-state index contributed by atoms with van der Waals surface area (Å²) < 4.78 is 9.38. The van der Waals surface area contributed by atoms with Gasteiger partial charge < -0.3 is 14.6 Å². The van der Waals surface area contributed by atoms with Gasteiger partial charge in [0.25, 0.3) is 5.69 Å². The monoisotopic (exact) mass is 311 g/mol. The fourth-order valence-corrected chi connectivity index (χ4v) is 1.70. The third-order valence-electron chi connectivity index (χ3n) is 2.56. The van der Waals surface area contributed by atoms with E-state index in [-0.39, 0.29) is 16.7 Å². The number of aromatic carboxylic acids is 1. The van der Waals surface area contributed by atoms with Crippen molar-refractivity contribution in [1.29, 1.82) is 0 Å². The van der Waals surface area contributed by atoms with Crippen LogP contribution in [0.15, 0.2) is 12.1 Å². The standard InChI is InChI=1S/C13H13NO8/c1-7(15)21-5-10-3-9(13(17)18)4-11(6-22-8(2)16)12(10)14(19)20/h3-4H,5-6H2,1-2H3,(H,17,18). The molecule has 0 spiro atoms. The van der Waals surface area contributed by atoms with Gasteiger partial charge in [-0.3, -0.25) is 19.7 Å². The molecule has 1 N–H and O–H groups in total. The molecule has 0 unspecified atom stereocenters. The van der Waals surface area contributed by atoms with Crippen LogP contribution in [-0.2, 0) is 32.3 Å². The number of nitro benzene ring substituents is 1. The molecule has 118 valence electrons. The first kappa shape index (κ1) is 17.1. The number of esters is 2. The van der Waals surface area contributed by atoms with Crippen LogP contribution in [0.3, 0.4) is 0 Å². The molecule has 9 heteroatoms. The highest BCUT2D eigenvalue weighted by Crippen LogP contribution is 2.27. The number of rotatable bonds is 6. The van der Waals surface area contributed by atoms with Crippen molar-refractivity contribution >= 4 is 23.6 Å². The average Bonchev–Trinajstić information content (AvgIpc) is 2.41.